The predicted molar refractivity (Wildman–Crippen MR) is 46.0 cm³/mol. The van der Waals surface area contributed by atoms with Crippen molar-refractivity contribution in [2.75, 3.05) is 0 Å². The van der Waals surface area contributed by atoms with Gasteiger partial charge >= 0.3 is 0 Å². The van der Waals surface area contributed by atoms with Gasteiger partial charge in [-0.25, -0.2) is 0 Å². The monoisotopic (exact) mass is 189 g/mol. The highest BCUT2D eigenvalue weighted by Gasteiger charge is 2.44. The minimum atomic E-state index is -0.253. The molecule has 0 aromatic carbocycles. The largest absolute Gasteiger partial charge is 0.339 e. The third-order valence-corrected chi connectivity index (χ3v) is 2.00. The molecule has 5 heteroatoms. The second-order valence-corrected chi connectivity index (χ2v) is 3.02. The standard InChI is InChI=1S/C7H11N3O.ClH/c1-2-5-9-6(10-11-5)7(8)3-4-7;/h2-4,8H2,1H3;1H. The first-order chi connectivity index (χ1) is 5.24. The highest BCUT2D eigenvalue weighted by molar-refractivity contribution is 5.85. The van der Waals surface area contributed by atoms with Crippen molar-refractivity contribution in [3.8, 4) is 0 Å². The Hall–Kier alpha value is -0.610. The van der Waals surface area contributed by atoms with Crippen molar-refractivity contribution in [1.29, 1.82) is 0 Å². The predicted octanol–water partition coefficient (Wildman–Crippen LogP) is 1.00. The quantitative estimate of drug-likeness (QED) is 0.754. The first kappa shape index (κ1) is 9.48. The minimum Gasteiger partial charge on any atom is -0.339 e. The summed E-state index contributed by atoms with van der Waals surface area (Å²) < 4.78 is 4.94. The van der Waals surface area contributed by atoms with Gasteiger partial charge in [-0.1, -0.05) is 12.1 Å². The minimum absolute atomic E-state index is 0. The van der Waals surface area contributed by atoms with Crippen LogP contribution in [-0.2, 0) is 12.0 Å². The van der Waals surface area contributed by atoms with E-state index in [1.165, 1.54) is 0 Å². The van der Waals surface area contributed by atoms with Crippen LogP contribution in [0.2, 0.25) is 0 Å². The first-order valence-corrected chi connectivity index (χ1v) is 3.86. The Balaban J connectivity index is 0.000000720. The summed E-state index contributed by atoms with van der Waals surface area (Å²) in [6, 6.07) is 0. The van der Waals surface area contributed by atoms with Gasteiger partial charge in [0.15, 0.2) is 5.82 Å². The highest BCUT2D eigenvalue weighted by Crippen LogP contribution is 2.40. The fourth-order valence-corrected chi connectivity index (χ4v) is 0.959. The first-order valence-electron chi connectivity index (χ1n) is 3.86. The lowest BCUT2D eigenvalue weighted by Crippen LogP contribution is -2.20. The molecule has 1 aromatic heterocycles. The molecule has 0 atom stereocenters. The number of nitrogens with two attached hydrogens (primary N) is 1. The van der Waals surface area contributed by atoms with Crippen molar-refractivity contribution < 1.29 is 4.52 Å². The molecule has 1 aliphatic carbocycles. The van der Waals surface area contributed by atoms with E-state index < -0.39 is 0 Å². The summed E-state index contributed by atoms with van der Waals surface area (Å²) in [6.45, 7) is 1.98. The molecule has 1 fully saturated rings. The smallest absolute Gasteiger partial charge is 0.226 e. The number of rotatable bonds is 2. The molecule has 2 rings (SSSR count). The summed E-state index contributed by atoms with van der Waals surface area (Å²) in [4.78, 5) is 4.16. The number of hydrogen-bond donors (Lipinski definition) is 1. The van der Waals surface area contributed by atoms with Crippen LogP contribution in [0.15, 0.2) is 4.52 Å². The zero-order chi connectivity index (χ0) is 7.90. The van der Waals surface area contributed by atoms with Crippen LogP contribution in [-0.4, -0.2) is 10.1 Å². The molecule has 0 bridgehead atoms. The van der Waals surface area contributed by atoms with Gasteiger partial charge in [0.25, 0.3) is 0 Å². The molecule has 0 spiro atoms. The van der Waals surface area contributed by atoms with Crippen LogP contribution in [0.5, 0.6) is 0 Å². The second-order valence-electron chi connectivity index (χ2n) is 3.02. The van der Waals surface area contributed by atoms with Crippen molar-refractivity contribution in [2.24, 2.45) is 5.73 Å². The molecule has 68 valence electrons. The summed E-state index contributed by atoms with van der Waals surface area (Å²) in [5.74, 6) is 1.35. The van der Waals surface area contributed by atoms with E-state index in [2.05, 4.69) is 10.1 Å². The Morgan fingerprint density at radius 2 is 2.25 bits per heavy atom. The van der Waals surface area contributed by atoms with Crippen LogP contribution in [0.3, 0.4) is 0 Å². The maximum Gasteiger partial charge on any atom is 0.226 e. The van der Waals surface area contributed by atoms with E-state index in [0.29, 0.717) is 11.7 Å². The molecule has 2 N–H and O–H groups in total. The van der Waals surface area contributed by atoms with Crippen molar-refractivity contribution in [1.82, 2.24) is 10.1 Å². The molecule has 0 radical (unpaired) electrons. The lowest BCUT2D eigenvalue weighted by atomic mass is 10.3. The van der Waals surface area contributed by atoms with Crippen LogP contribution in [0.4, 0.5) is 0 Å². The molecule has 1 aliphatic rings. The molecule has 1 aromatic rings. The molecule has 0 aliphatic heterocycles. The van der Waals surface area contributed by atoms with Gasteiger partial charge in [-0.2, -0.15) is 4.98 Å². The molecule has 1 heterocycles. The molecule has 0 unspecified atom stereocenters. The molecule has 0 amide bonds. The Kier molecular flexibility index (Phi) is 2.39. The van der Waals surface area contributed by atoms with Crippen molar-refractivity contribution in [2.45, 2.75) is 31.7 Å². The van der Waals surface area contributed by atoms with E-state index in [0.717, 1.165) is 19.3 Å². The van der Waals surface area contributed by atoms with Gasteiger partial charge in [0.2, 0.25) is 5.89 Å². The Bertz CT molecular complexity index is 269. The molecule has 1 saturated carbocycles. The maximum atomic E-state index is 5.85. The molecular weight excluding hydrogens is 178 g/mol. The molecular formula is C7H12ClN3O. The van der Waals surface area contributed by atoms with E-state index in [-0.39, 0.29) is 17.9 Å². The van der Waals surface area contributed by atoms with E-state index in [9.17, 15) is 0 Å². The zero-order valence-corrected chi connectivity index (χ0v) is 7.73. The Morgan fingerprint density at radius 3 is 2.67 bits per heavy atom. The summed E-state index contributed by atoms with van der Waals surface area (Å²) in [6.07, 6.45) is 2.74. The number of halogens is 1. The van der Waals surface area contributed by atoms with Crippen LogP contribution < -0.4 is 5.73 Å². The van der Waals surface area contributed by atoms with Crippen LogP contribution >= 0.6 is 12.4 Å². The maximum absolute atomic E-state index is 5.85. The van der Waals surface area contributed by atoms with Gasteiger partial charge in [-0.05, 0) is 12.8 Å². The molecule has 0 saturated heterocycles. The van der Waals surface area contributed by atoms with E-state index in [1.807, 2.05) is 6.92 Å². The molecule has 12 heavy (non-hydrogen) atoms. The number of aryl methyl sites for hydroxylation is 1. The number of aromatic nitrogens is 2. The van der Waals surface area contributed by atoms with Crippen molar-refractivity contribution >= 4 is 12.4 Å². The summed E-state index contributed by atoms with van der Waals surface area (Å²) in [5.41, 5.74) is 5.60. The summed E-state index contributed by atoms with van der Waals surface area (Å²) in [5, 5.41) is 3.81. The normalized spacial score (nSPS) is 18.5. The topological polar surface area (TPSA) is 64.9 Å². The van der Waals surface area contributed by atoms with Crippen molar-refractivity contribution in [3.05, 3.63) is 11.7 Å². The van der Waals surface area contributed by atoms with Gasteiger partial charge in [0.05, 0.1) is 5.54 Å². The lowest BCUT2D eigenvalue weighted by Gasteiger charge is -1.97. The SMILES string of the molecule is CCc1nc(C2(N)CC2)no1.Cl. The third-order valence-electron chi connectivity index (χ3n) is 2.00. The Labute approximate surface area is 76.9 Å². The van der Waals surface area contributed by atoms with Crippen LogP contribution in [0, 0.1) is 0 Å². The fraction of sp³-hybridized carbons (Fsp3) is 0.714. The van der Waals surface area contributed by atoms with Gasteiger partial charge in [-0.3, -0.25) is 0 Å². The van der Waals surface area contributed by atoms with E-state index >= 15 is 0 Å². The van der Waals surface area contributed by atoms with Crippen molar-refractivity contribution in [3.63, 3.8) is 0 Å². The zero-order valence-electron chi connectivity index (χ0n) is 6.91. The van der Waals surface area contributed by atoms with E-state index in [1.54, 1.807) is 0 Å². The fourth-order valence-electron chi connectivity index (χ4n) is 0.959. The number of hydrogen-bond acceptors (Lipinski definition) is 4. The second kappa shape index (κ2) is 3.03. The van der Waals surface area contributed by atoms with E-state index in [4.69, 9.17) is 10.3 Å². The molecule has 4 nitrogen and oxygen atoms in total. The van der Waals surface area contributed by atoms with Gasteiger partial charge < -0.3 is 10.3 Å². The average molecular weight is 190 g/mol. The third kappa shape index (κ3) is 1.44. The van der Waals surface area contributed by atoms with Crippen LogP contribution in [0.25, 0.3) is 0 Å². The van der Waals surface area contributed by atoms with Crippen LogP contribution in [0.1, 0.15) is 31.5 Å². The lowest BCUT2D eigenvalue weighted by molar-refractivity contribution is 0.372. The van der Waals surface area contributed by atoms with Gasteiger partial charge in [-0.15, -0.1) is 12.4 Å². The summed E-state index contributed by atoms with van der Waals surface area (Å²) in [7, 11) is 0. The summed E-state index contributed by atoms with van der Waals surface area (Å²) >= 11 is 0. The Morgan fingerprint density at radius 1 is 1.58 bits per heavy atom. The van der Waals surface area contributed by atoms with Gasteiger partial charge in [0.1, 0.15) is 0 Å². The van der Waals surface area contributed by atoms with Gasteiger partial charge in [0, 0.05) is 6.42 Å². The average Bonchev–Trinajstić information content (AvgIpc) is 2.61. The number of nitrogens with zero attached hydrogens (tertiary/aromatic N) is 2. The highest BCUT2D eigenvalue weighted by atomic mass is 35.5.